The van der Waals surface area contributed by atoms with Gasteiger partial charge in [0.2, 0.25) is 11.3 Å². The molecule has 1 amide bonds. The fraction of sp³-hybridized carbons (Fsp3) is 0.286. The van der Waals surface area contributed by atoms with Crippen molar-refractivity contribution in [2.45, 2.75) is 39.8 Å². The highest BCUT2D eigenvalue weighted by Gasteiger charge is 2.12. The lowest BCUT2D eigenvalue weighted by Gasteiger charge is -2.17. The number of carbonyl (C=O) groups is 1. The molecule has 5 heteroatoms. The zero-order valence-electron chi connectivity index (χ0n) is 15.3. The Labute approximate surface area is 152 Å². The quantitative estimate of drug-likeness (QED) is 0.769. The molecule has 1 unspecified atom stereocenters. The number of nitrogens with zero attached hydrogens (tertiary/aromatic N) is 2. The van der Waals surface area contributed by atoms with Gasteiger partial charge in [-0.05, 0) is 44.0 Å². The molecule has 0 saturated carbocycles. The summed E-state index contributed by atoms with van der Waals surface area (Å²) in [5.74, 6) is -0.0389. The molecule has 0 fully saturated rings. The average Bonchev–Trinajstić information content (AvgIpc) is 2.63. The monoisotopic (exact) mass is 349 g/mol. The maximum atomic E-state index is 12.4. The topological polar surface area (TPSA) is 64.0 Å². The number of rotatable bonds is 5. The molecule has 0 radical (unpaired) electrons. The van der Waals surface area contributed by atoms with Crippen LogP contribution in [0, 0.1) is 13.8 Å². The van der Waals surface area contributed by atoms with Crippen LogP contribution >= 0.6 is 0 Å². The van der Waals surface area contributed by atoms with Crippen molar-refractivity contribution >= 4 is 16.8 Å². The summed E-state index contributed by atoms with van der Waals surface area (Å²) >= 11 is 0. The largest absolute Gasteiger partial charge is 0.350 e. The summed E-state index contributed by atoms with van der Waals surface area (Å²) < 4.78 is 1.71. The zero-order valence-corrected chi connectivity index (χ0v) is 15.3. The van der Waals surface area contributed by atoms with E-state index in [9.17, 15) is 9.59 Å². The van der Waals surface area contributed by atoms with E-state index in [1.807, 2.05) is 39.0 Å². The van der Waals surface area contributed by atoms with Crippen LogP contribution < -0.4 is 10.7 Å². The fourth-order valence-electron chi connectivity index (χ4n) is 3.16. The number of nitrogens with one attached hydrogen (secondary N) is 1. The second kappa shape index (κ2) is 7.52. The molecule has 3 aromatic rings. The van der Waals surface area contributed by atoms with Crippen LogP contribution in [0.3, 0.4) is 0 Å². The number of fused-ring (bicyclic) bond motifs is 1. The van der Waals surface area contributed by atoms with E-state index in [2.05, 4.69) is 28.6 Å². The number of benzene rings is 2. The van der Waals surface area contributed by atoms with Crippen molar-refractivity contribution in [2.75, 3.05) is 0 Å². The van der Waals surface area contributed by atoms with Crippen molar-refractivity contribution in [2.24, 2.45) is 0 Å². The van der Waals surface area contributed by atoms with Gasteiger partial charge in [0, 0.05) is 11.8 Å². The number of aromatic nitrogens is 2. The lowest BCUT2D eigenvalue weighted by molar-refractivity contribution is -0.122. The summed E-state index contributed by atoms with van der Waals surface area (Å²) in [6.07, 6.45) is 1.61. The first-order valence-electron chi connectivity index (χ1n) is 8.77. The molecular formula is C21H23N3O2. The summed E-state index contributed by atoms with van der Waals surface area (Å²) in [5, 5.41) is 7.83. The SMILES string of the molecule is Cc1ccc(C)c(C(C)NC(=O)CCn2ncc(=O)c3ccccc32)c1. The number of hydrogen-bond acceptors (Lipinski definition) is 3. The summed E-state index contributed by atoms with van der Waals surface area (Å²) in [5.41, 5.74) is 4.11. The minimum Gasteiger partial charge on any atom is -0.350 e. The first-order valence-corrected chi connectivity index (χ1v) is 8.77. The van der Waals surface area contributed by atoms with Gasteiger partial charge < -0.3 is 5.32 Å². The number of carbonyl (C=O) groups excluding carboxylic acids is 1. The molecule has 3 rings (SSSR count). The molecule has 1 atom stereocenters. The molecule has 0 aliphatic heterocycles. The Hall–Kier alpha value is -2.95. The van der Waals surface area contributed by atoms with Crippen molar-refractivity contribution in [3.8, 4) is 0 Å². The minimum absolute atomic E-state index is 0.0389. The molecule has 26 heavy (non-hydrogen) atoms. The van der Waals surface area contributed by atoms with Crippen LogP contribution in [0.1, 0.15) is 36.1 Å². The van der Waals surface area contributed by atoms with Gasteiger partial charge >= 0.3 is 0 Å². The van der Waals surface area contributed by atoms with Crippen LogP contribution in [0.2, 0.25) is 0 Å². The van der Waals surface area contributed by atoms with Gasteiger partial charge in [0.25, 0.3) is 0 Å². The van der Waals surface area contributed by atoms with Crippen molar-refractivity contribution in [1.82, 2.24) is 15.1 Å². The molecule has 0 spiro atoms. The van der Waals surface area contributed by atoms with Crippen molar-refractivity contribution in [3.05, 3.63) is 75.6 Å². The molecule has 0 aliphatic rings. The Kier molecular flexibility index (Phi) is 5.16. The van der Waals surface area contributed by atoms with Crippen LogP contribution in [0.25, 0.3) is 10.9 Å². The lowest BCUT2D eigenvalue weighted by atomic mass is 10.00. The van der Waals surface area contributed by atoms with Gasteiger partial charge in [-0.25, -0.2) is 0 Å². The highest BCUT2D eigenvalue weighted by molar-refractivity contribution is 5.79. The number of hydrogen-bond donors (Lipinski definition) is 1. The highest BCUT2D eigenvalue weighted by Crippen LogP contribution is 2.19. The Morgan fingerprint density at radius 3 is 2.77 bits per heavy atom. The molecule has 134 valence electrons. The van der Waals surface area contributed by atoms with Crippen LogP contribution in [0.4, 0.5) is 0 Å². The molecule has 5 nitrogen and oxygen atoms in total. The van der Waals surface area contributed by atoms with E-state index in [0.29, 0.717) is 18.4 Å². The zero-order chi connectivity index (χ0) is 18.7. The molecule has 0 saturated heterocycles. The Morgan fingerprint density at radius 2 is 1.96 bits per heavy atom. The van der Waals surface area contributed by atoms with E-state index < -0.39 is 0 Å². The van der Waals surface area contributed by atoms with Crippen molar-refractivity contribution < 1.29 is 4.79 Å². The standard InChI is InChI=1S/C21H23N3O2/c1-14-8-9-15(2)18(12-14)16(3)23-21(26)10-11-24-19-7-5-4-6-17(19)20(25)13-22-24/h4-9,12-13,16H,10-11H2,1-3H3,(H,23,26). The number of amides is 1. The smallest absolute Gasteiger partial charge is 0.222 e. The van der Waals surface area contributed by atoms with Gasteiger partial charge in [-0.1, -0.05) is 35.9 Å². The van der Waals surface area contributed by atoms with E-state index in [4.69, 9.17) is 0 Å². The van der Waals surface area contributed by atoms with E-state index in [-0.39, 0.29) is 17.4 Å². The minimum atomic E-state index is -0.107. The second-order valence-electron chi connectivity index (χ2n) is 6.65. The molecule has 1 N–H and O–H groups in total. The van der Waals surface area contributed by atoms with Gasteiger partial charge in [0.15, 0.2) is 0 Å². The second-order valence-corrected chi connectivity index (χ2v) is 6.65. The van der Waals surface area contributed by atoms with Gasteiger partial charge in [0.1, 0.15) is 0 Å². The third kappa shape index (κ3) is 3.82. The average molecular weight is 349 g/mol. The predicted molar refractivity (Wildman–Crippen MR) is 103 cm³/mol. The van der Waals surface area contributed by atoms with Gasteiger partial charge in [0.05, 0.1) is 24.3 Å². The summed E-state index contributed by atoms with van der Waals surface area (Å²) in [4.78, 5) is 24.3. The maximum Gasteiger partial charge on any atom is 0.222 e. The molecule has 0 aliphatic carbocycles. The molecule has 1 aromatic heterocycles. The van der Waals surface area contributed by atoms with E-state index in [1.54, 1.807) is 10.7 Å². The van der Waals surface area contributed by atoms with E-state index >= 15 is 0 Å². The predicted octanol–water partition coefficient (Wildman–Crippen LogP) is 3.28. The third-order valence-corrected chi connectivity index (χ3v) is 4.59. The normalized spacial score (nSPS) is 12.1. The molecule has 2 aromatic carbocycles. The first-order chi connectivity index (χ1) is 12.5. The molecule has 1 heterocycles. The third-order valence-electron chi connectivity index (χ3n) is 4.59. The van der Waals surface area contributed by atoms with Gasteiger partial charge in [-0.3, -0.25) is 14.3 Å². The van der Waals surface area contributed by atoms with Crippen molar-refractivity contribution in [3.63, 3.8) is 0 Å². The van der Waals surface area contributed by atoms with Gasteiger partial charge in [-0.2, -0.15) is 5.10 Å². The number of aryl methyl sites for hydroxylation is 3. The van der Waals surface area contributed by atoms with E-state index in [0.717, 1.165) is 16.6 Å². The van der Waals surface area contributed by atoms with Crippen LogP contribution in [-0.4, -0.2) is 15.7 Å². The summed E-state index contributed by atoms with van der Waals surface area (Å²) in [6.45, 7) is 6.51. The number of para-hydroxylation sites is 1. The van der Waals surface area contributed by atoms with Crippen LogP contribution in [0.15, 0.2) is 53.5 Å². The Balaban J connectivity index is 1.69. The van der Waals surface area contributed by atoms with Gasteiger partial charge in [-0.15, -0.1) is 0 Å². The van der Waals surface area contributed by atoms with Crippen LogP contribution in [0.5, 0.6) is 0 Å². The van der Waals surface area contributed by atoms with E-state index in [1.165, 1.54) is 11.8 Å². The van der Waals surface area contributed by atoms with Crippen LogP contribution in [-0.2, 0) is 11.3 Å². The van der Waals surface area contributed by atoms with Crippen molar-refractivity contribution in [1.29, 1.82) is 0 Å². The first kappa shape index (κ1) is 17.9. The highest BCUT2D eigenvalue weighted by atomic mass is 16.1. The summed E-state index contributed by atoms with van der Waals surface area (Å²) in [6, 6.07) is 13.5. The Morgan fingerprint density at radius 1 is 1.19 bits per heavy atom. The summed E-state index contributed by atoms with van der Waals surface area (Å²) in [7, 11) is 0. The maximum absolute atomic E-state index is 12.4. The molecular weight excluding hydrogens is 326 g/mol. The molecule has 0 bridgehead atoms. The Bertz CT molecular complexity index is 1010. The lowest BCUT2D eigenvalue weighted by Crippen LogP contribution is -2.28. The fourth-order valence-corrected chi connectivity index (χ4v) is 3.16.